The van der Waals surface area contributed by atoms with Crippen LogP contribution in [0.2, 0.25) is 5.02 Å². The van der Waals surface area contributed by atoms with Gasteiger partial charge < -0.3 is 10.2 Å². The summed E-state index contributed by atoms with van der Waals surface area (Å²) < 4.78 is 0. The lowest BCUT2D eigenvalue weighted by atomic mass is 9.86. The van der Waals surface area contributed by atoms with Crippen molar-refractivity contribution in [3.8, 4) is 0 Å². The Morgan fingerprint density at radius 3 is 2.23 bits per heavy atom. The van der Waals surface area contributed by atoms with Crippen LogP contribution in [0.5, 0.6) is 0 Å². The minimum Gasteiger partial charge on any atom is -0.345 e. The molecular weight excluding hydrogens is 408 g/mol. The van der Waals surface area contributed by atoms with Crippen LogP contribution >= 0.6 is 11.6 Å². The van der Waals surface area contributed by atoms with E-state index in [9.17, 15) is 9.59 Å². The summed E-state index contributed by atoms with van der Waals surface area (Å²) in [6, 6.07) is 17.0. The van der Waals surface area contributed by atoms with Gasteiger partial charge in [-0.1, -0.05) is 62.7 Å². The number of amides is 2. The maximum atomic E-state index is 12.8. The van der Waals surface area contributed by atoms with E-state index in [1.165, 1.54) is 0 Å². The van der Waals surface area contributed by atoms with E-state index in [1.54, 1.807) is 24.3 Å². The van der Waals surface area contributed by atoms with E-state index in [0.717, 1.165) is 37.9 Å². The lowest BCUT2D eigenvalue weighted by molar-refractivity contribution is -0.134. The minimum atomic E-state index is -0.0942. The van der Waals surface area contributed by atoms with Crippen LogP contribution in [0.25, 0.3) is 0 Å². The van der Waals surface area contributed by atoms with E-state index in [4.69, 9.17) is 11.6 Å². The summed E-state index contributed by atoms with van der Waals surface area (Å²) in [6.45, 7) is 7.90. The number of rotatable bonds is 6. The minimum absolute atomic E-state index is 0.0122. The second-order valence-corrected chi connectivity index (χ2v) is 10.2. The first kappa shape index (κ1) is 23.3. The summed E-state index contributed by atoms with van der Waals surface area (Å²) in [5, 5.41) is 3.83. The summed E-state index contributed by atoms with van der Waals surface area (Å²) in [4.78, 5) is 27.4. The summed E-state index contributed by atoms with van der Waals surface area (Å²) in [7, 11) is 0. The highest BCUT2D eigenvalue weighted by Gasteiger charge is 2.28. The first-order valence-electron chi connectivity index (χ1n) is 11.1. The van der Waals surface area contributed by atoms with Crippen LogP contribution in [-0.4, -0.2) is 29.8 Å². The number of benzene rings is 2. The average molecular weight is 441 g/mol. The second-order valence-electron chi connectivity index (χ2n) is 9.74. The van der Waals surface area contributed by atoms with Crippen molar-refractivity contribution in [1.82, 2.24) is 10.2 Å². The largest absolute Gasteiger partial charge is 0.345 e. The van der Waals surface area contributed by atoms with Crippen molar-refractivity contribution in [3.63, 3.8) is 0 Å². The Hall–Kier alpha value is -2.33. The van der Waals surface area contributed by atoms with Crippen molar-refractivity contribution in [2.75, 3.05) is 13.1 Å². The number of carbonyl (C=O) groups is 2. The fourth-order valence-electron chi connectivity index (χ4n) is 4.12. The molecule has 0 aromatic heterocycles. The van der Waals surface area contributed by atoms with Crippen LogP contribution in [0.4, 0.5) is 0 Å². The molecule has 31 heavy (non-hydrogen) atoms. The fraction of sp³-hybridized carbons (Fsp3) is 0.462. The zero-order chi connectivity index (χ0) is 22.4. The van der Waals surface area contributed by atoms with Crippen LogP contribution in [0.15, 0.2) is 54.6 Å². The van der Waals surface area contributed by atoms with Crippen molar-refractivity contribution < 1.29 is 9.59 Å². The number of nitrogens with one attached hydrogen (secondary N) is 1. The molecule has 5 heteroatoms. The van der Waals surface area contributed by atoms with Gasteiger partial charge >= 0.3 is 0 Å². The molecule has 1 aliphatic rings. The van der Waals surface area contributed by atoms with Gasteiger partial charge in [-0.2, -0.15) is 0 Å². The number of likely N-dealkylation sites (tertiary alicyclic amines) is 1. The van der Waals surface area contributed by atoms with Gasteiger partial charge in [0.15, 0.2) is 0 Å². The molecule has 2 amide bonds. The molecular formula is C26H33ClN2O2. The summed E-state index contributed by atoms with van der Waals surface area (Å²) >= 11 is 5.96. The molecule has 3 rings (SSSR count). The molecule has 1 saturated heterocycles. The Morgan fingerprint density at radius 2 is 1.65 bits per heavy atom. The van der Waals surface area contributed by atoms with Crippen LogP contribution in [0.1, 0.15) is 68.4 Å². The van der Waals surface area contributed by atoms with E-state index < -0.39 is 0 Å². The van der Waals surface area contributed by atoms with Gasteiger partial charge in [-0.3, -0.25) is 9.59 Å². The normalized spacial score (nSPS) is 16.1. The summed E-state index contributed by atoms with van der Waals surface area (Å²) in [6.07, 6.45) is 3.39. The third-order valence-corrected chi connectivity index (χ3v) is 6.08. The highest BCUT2D eigenvalue weighted by Crippen LogP contribution is 2.30. The summed E-state index contributed by atoms with van der Waals surface area (Å²) in [5.41, 5.74) is 1.72. The summed E-state index contributed by atoms with van der Waals surface area (Å²) in [5.74, 6) is 0.624. The number of nitrogens with zero attached hydrogens (tertiary/aromatic N) is 1. The zero-order valence-corrected chi connectivity index (χ0v) is 19.5. The molecule has 0 bridgehead atoms. The number of carbonyl (C=O) groups excluding carboxylic acids is 2. The highest BCUT2D eigenvalue weighted by atomic mass is 35.5. The van der Waals surface area contributed by atoms with Gasteiger partial charge in [-0.25, -0.2) is 0 Å². The molecule has 1 heterocycles. The fourth-order valence-corrected chi connectivity index (χ4v) is 4.25. The molecule has 0 saturated carbocycles. The number of hydrogen-bond donors (Lipinski definition) is 1. The van der Waals surface area contributed by atoms with Gasteiger partial charge in [-0.15, -0.1) is 0 Å². The van der Waals surface area contributed by atoms with Crippen molar-refractivity contribution in [2.45, 2.75) is 52.5 Å². The molecule has 1 aliphatic heterocycles. The SMILES string of the molecule is CC(C)(C)CC(=O)N1CCC(CC(NC(=O)c2ccc(Cl)cc2)c2ccccc2)CC1. The van der Waals surface area contributed by atoms with Crippen molar-refractivity contribution in [2.24, 2.45) is 11.3 Å². The average Bonchev–Trinajstić information content (AvgIpc) is 2.73. The topological polar surface area (TPSA) is 49.4 Å². The van der Waals surface area contributed by atoms with Crippen molar-refractivity contribution in [1.29, 1.82) is 0 Å². The Labute approximate surface area is 191 Å². The Balaban J connectivity index is 1.63. The Kier molecular flexibility index (Phi) is 7.77. The van der Waals surface area contributed by atoms with Crippen molar-refractivity contribution >= 4 is 23.4 Å². The number of halogens is 1. The number of piperidine rings is 1. The molecule has 4 nitrogen and oxygen atoms in total. The Bertz CT molecular complexity index is 867. The van der Waals surface area contributed by atoms with Gasteiger partial charge in [-0.05, 0) is 60.4 Å². The zero-order valence-electron chi connectivity index (χ0n) is 18.7. The molecule has 0 spiro atoms. The monoisotopic (exact) mass is 440 g/mol. The molecule has 166 valence electrons. The van der Waals surface area contributed by atoms with Crippen molar-refractivity contribution in [3.05, 3.63) is 70.7 Å². The van der Waals surface area contributed by atoms with Crippen LogP contribution in [0, 0.1) is 11.3 Å². The molecule has 1 atom stereocenters. The molecule has 2 aromatic carbocycles. The standard InChI is InChI=1S/C26H33ClN2O2/c1-26(2,3)18-24(30)29-15-13-19(14-16-29)17-23(20-7-5-4-6-8-20)28-25(31)21-9-11-22(27)12-10-21/h4-12,19,23H,13-18H2,1-3H3,(H,28,31). The van der Waals surface area contributed by atoms with E-state index in [2.05, 4.69) is 38.2 Å². The predicted octanol–water partition coefficient (Wildman–Crippen LogP) is 5.88. The Morgan fingerprint density at radius 1 is 1.03 bits per heavy atom. The van der Waals surface area contributed by atoms with Crippen LogP contribution in [-0.2, 0) is 4.79 Å². The van der Waals surface area contributed by atoms with Gasteiger partial charge in [0.25, 0.3) is 5.91 Å². The molecule has 2 aromatic rings. The molecule has 0 radical (unpaired) electrons. The first-order chi connectivity index (χ1) is 14.7. The maximum absolute atomic E-state index is 12.8. The smallest absolute Gasteiger partial charge is 0.251 e. The van der Waals surface area contributed by atoms with Crippen LogP contribution in [0.3, 0.4) is 0 Å². The van der Waals surface area contributed by atoms with Gasteiger partial charge in [0, 0.05) is 30.1 Å². The molecule has 1 unspecified atom stereocenters. The van der Waals surface area contributed by atoms with Gasteiger partial charge in [0.2, 0.25) is 5.91 Å². The number of hydrogen-bond acceptors (Lipinski definition) is 2. The lowest BCUT2D eigenvalue weighted by Crippen LogP contribution is -2.41. The van der Waals surface area contributed by atoms with Gasteiger partial charge in [0.05, 0.1) is 6.04 Å². The van der Waals surface area contributed by atoms with E-state index >= 15 is 0 Å². The third kappa shape index (κ3) is 7.10. The third-order valence-electron chi connectivity index (χ3n) is 5.83. The quantitative estimate of drug-likeness (QED) is 0.610. The van der Waals surface area contributed by atoms with Crippen LogP contribution < -0.4 is 5.32 Å². The highest BCUT2D eigenvalue weighted by molar-refractivity contribution is 6.30. The molecule has 1 N–H and O–H groups in total. The molecule has 1 fully saturated rings. The predicted molar refractivity (Wildman–Crippen MR) is 126 cm³/mol. The first-order valence-corrected chi connectivity index (χ1v) is 11.5. The van der Waals surface area contributed by atoms with E-state index in [-0.39, 0.29) is 23.3 Å². The van der Waals surface area contributed by atoms with Gasteiger partial charge in [0.1, 0.15) is 0 Å². The van der Waals surface area contributed by atoms with E-state index in [1.807, 2.05) is 23.1 Å². The van der Waals surface area contributed by atoms with E-state index in [0.29, 0.717) is 22.9 Å². The lowest BCUT2D eigenvalue weighted by Gasteiger charge is -2.35. The second kappa shape index (κ2) is 10.3. The molecule has 0 aliphatic carbocycles. The maximum Gasteiger partial charge on any atom is 0.251 e.